The molecular formula is C19H26ClNO4. The van der Waals surface area contributed by atoms with E-state index in [1.54, 1.807) is 12.1 Å². The monoisotopic (exact) mass is 367 g/mol. The summed E-state index contributed by atoms with van der Waals surface area (Å²) >= 11 is 5.96. The summed E-state index contributed by atoms with van der Waals surface area (Å²) in [6.07, 6.45) is 3.55. The Hall–Kier alpha value is -1.30. The second kappa shape index (κ2) is 8.39. The molecule has 6 heteroatoms. The third-order valence-electron chi connectivity index (χ3n) is 5.10. The van der Waals surface area contributed by atoms with Gasteiger partial charge in [-0.1, -0.05) is 17.7 Å². The van der Waals surface area contributed by atoms with E-state index < -0.39 is 5.60 Å². The lowest BCUT2D eigenvalue weighted by Crippen LogP contribution is -2.41. The Balaban J connectivity index is 1.53. The number of carbonyl (C=O) groups excluding carboxylic acids is 1. The molecule has 2 heterocycles. The molecular weight excluding hydrogens is 342 g/mol. The summed E-state index contributed by atoms with van der Waals surface area (Å²) < 4.78 is 11.1. The Labute approximate surface area is 153 Å². The van der Waals surface area contributed by atoms with Gasteiger partial charge < -0.3 is 19.5 Å². The number of ether oxygens (including phenoxy) is 2. The number of aliphatic hydroxyl groups is 1. The lowest BCUT2D eigenvalue weighted by Gasteiger charge is -2.29. The fourth-order valence-electron chi connectivity index (χ4n) is 3.52. The average Bonchev–Trinajstić information content (AvgIpc) is 2.83. The summed E-state index contributed by atoms with van der Waals surface area (Å²) in [5, 5.41) is 11.5. The highest BCUT2D eigenvalue weighted by Crippen LogP contribution is 2.27. The molecule has 1 aromatic rings. The summed E-state index contributed by atoms with van der Waals surface area (Å²) in [5.74, 6) is 0.936. The van der Waals surface area contributed by atoms with E-state index in [4.69, 9.17) is 21.1 Å². The number of likely N-dealkylation sites (tertiary alicyclic amines) is 1. The van der Waals surface area contributed by atoms with Gasteiger partial charge in [0.2, 0.25) is 5.91 Å². The van der Waals surface area contributed by atoms with Crippen molar-refractivity contribution in [3.63, 3.8) is 0 Å². The minimum atomic E-state index is -0.910. The number of halogens is 1. The highest BCUT2D eigenvalue weighted by Gasteiger charge is 2.34. The fourth-order valence-corrected chi connectivity index (χ4v) is 3.70. The van der Waals surface area contributed by atoms with Gasteiger partial charge in [0.1, 0.15) is 18.0 Å². The van der Waals surface area contributed by atoms with Crippen molar-refractivity contribution in [2.45, 2.75) is 37.7 Å². The second-order valence-electron chi connectivity index (χ2n) is 7.04. The van der Waals surface area contributed by atoms with Gasteiger partial charge in [-0.15, -0.1) is 0 Å². The molecule has 1 N–H and O–H groups in total. The van der Waals surface area contributed by atoms with Crippen molar-refractivity contribution in [3.8, 4) is 5.75 Å². The van der Waals surface area contributed by atoms with Crippen LogP contribution < -0.4 is 4.74 Å². The predicted octanol–water partition coefficient (Wildman–Crippen LogP) is 2.89. The van der Waals surface area contributed by atoms with E-state index in [0.717, 1.165) is 19.3 Å². The van der Waals surface area contributed by atoms with Gasteiger partial charge >= 0.3 is 0 Å². The van der Waals surface area contributed by atoms with Gasteiger partial charge in [0.25, 0.3) is 0 Å². The van der Waals surface area contributed by atoms with Crippen molar-refractivity contribution < 1.29 is 19.4 Å². The highest BCUT2D eigenvalue weighted by atomic mass is 35.5. The van der Waals surface area contributed by atoms with Crippen LogP contribution in [0.2, 0.25) is 5.02 Å². The van der Waals surface area contributed by atoms with Crippen molar-refractivity contribution in [1.29, 1.82) is 0 Å². The minimum Gasteiger partial charge on any atom is -0.491 e. The van der Waals surface area contributed by atoms with Crippen LogP contribution in [0, 0.1) is 5.92 Å². The van der Waals surface area contributed by atoms with Crippen LogP contribution in [0.15, 0.2) is 24.3 Å². The number of carbonyl (C=O) groups is 1. The molecule has 138 valence electrons. The maximum atomic E-state index is 12.7. The van der Waals surface area contributed by atoms with Crippen molar-refractivity contribution in [1.82, 2.24) is 4.90 Å². The molecule has 1 unspecified atom stereocenters. The van der Waals surface area contributed by atoms with Crippen LogP contribution >= 0.6 is 11.6 Å². The first-order chi connectivity index (χ1) is 12.1. The Kier molecular flexibility index (Phi) is 6.20. The van der Waals surface area contributed by atoms with E-state index in [-0.39, 0.29) is 18.4 Å². The van der Waals surface area contributed by atoms with Crippen molar-refractivity contribution >= 4 is 17.5 Å². The average molecular weight is 368 g/mol. The topological polar surface area (TPSA) is 59.0 Å². The quantitative estimate of drug-likeness (QED) is 0.889. The van der Waals surface area contributed by atoms with Gasteiger partial charge in [-0.05, 0) is 50.3 Å². The number of rotatable bonds is 4. The largest absolute Gasteiger partial charge is 0.491 e. The number of hydrogen-bond acceptors (Lipinski definition) is 4. The lowest BCUT2D eigenvalue weighted by molar-refractivity contribution is -0.138. The van der Waals surface area contributed by atoms with E-state index in [2.05, 4.69) is 0 Å². The number of hydrogen-bond donors (Lipinski definition) is 1. The fraction of sp³-hybridized carbons (Fsp3) is 0.632. The highest BCUT2D eigenvalue weighted by molar-refractivity contribution is 6.30. The number of benzene rings is 1. The van der Waals surface area contributed by atoms with Gasteiger partial charge in [-0.25, -0.2) is 0 Å². The molecule has 0 spiro atoms. The van der Waals surface area contributed by atoms with E-state index in [1.807, 2.05) is 17.0 Å². The molecule has 0 aromatic heterocycles. The third-order valence-corrected chi connectivity index (χ3v) is 5.34. The minimum absolute atomic E-state index is 0.0719. The first-order valence-corrected chi connectivity index (χ1v) is 9.41. The predicted molar refractivity (Wildman–Crippen MR) is 95.9 cm³/mol. The van der Waals surface area contributed by atoms with Gasteiger partial charge in [0.15, 0.2) is 0 Å². The van der Waals surface area contributed by atoms with Gasteiger partial charge in [0, 0.05) is 37.2 Å². The lowest BCUT2D eigenvalue weighted by atomic mass is 9.96. The van der Waals surface area contributed by atoms with Crippen molar-refractivity contribution in [3.05, 3.63) is 29.3 Å². The molecule has 0 radical (unpaired) electrons. The molecule has 0 aliphatic carbocycles. The number of amides is 1. The molecule has 25 heavy (non-hydrogen) atoms. The standard InChI is InChI=1S/C19H26ClNO4/c20-16-3-1-4-17(13-16)25-14-19(23)7-2-9-21(10-8-19)18(22)15-5-11-24-12-6-15/h1,3-4,13,15,23H,2,5-12,14H2. The van der Waals surface area contributed by atoms with Crippen molar-refractivity contribution in [2.24, 2.45) is 5.92 Å². The van der Waals surface area contributed by atoms with Crippen LogP contribution in [0.5, 0.6) is 5.75 Å². The number of nitrogens with zero attached hydrogens (tertiary/aromatic N) is 1. The second-order valence-corrected chi connectivity index (χ2v) is 7.47. The van der Waals surface area contributed by atoms with Crippen LogP contribution in [0.3, 0.4) is 0 Å². The van der Waals surface area contributed by atoms with Gasteiger partial charge in [0.05, 0.1) is 0 Å². The van der Waals surface area contributed by atoms with Crippen LogP contribution in [0.25, 0.3) is 0 Å². The zero-order valence-corrected chi connectivity index (χ0v) is 15.2. The zero-order valence-electron chi connectivity index (χ0n) is 14.5. The first-order valence-electron chi connectivity index (χ1n) is 9.03. The summed E-state index contributed by atoms with van der Waals surface area (Å²) in [7, 11) is 0. The van der Waals surface area contributed by atoms with Crippen LogP contribution in [0.4, 0.5) is 0 Å². The normalized spacial score (nSPS) is 25.4. The molecule has 1 amide bonds. The Morgan fingerprint density at radius 1 is 1.32 bits per heavy atom. The molecule has 3 rings (SSSR count). The van der Waals surface area contributed by atoms with Gasteiger partial charge in [-0.3, -0.25) is 4.79 Å². The van der Waals surface area contributed by atoms with E-state index in [0.29, 0.717) is 49.9 Å². The summed E-state index contributed by atoms with van der Waals surface area (Å²) in [6, 6.07) is 7.17. The summed E-state index contributed by atoms with van der Waals surface area (Å²) in [5.41, 5.74) is -0.910. The molecule has 0 saturated carbocycles. The Morgan fingerprint density at radius 3 is 2.88 bits per heavy atom. The molecule has 5 nitrogen and oxygen atoms in total. The van der Waals surface area contributed by atoms with Crippen LogP contribution in [-0.2, 0) is 9.53 Å². The smallest absolute Gasteiger partial charge is 0.225 e. The Morgan fingerprint density at radius 2 is 2.12 bits per heavy atom. The van der Waals surface area contributed by atoms with Crippen LogP contribution in [-0.4, -0.2) is 54.4 Å². The molecule has 0 bridgehead atoms. The van der Waals surface area contributed by atoms with Crippen molar-refractivity contribution in [2.75, 3.05) is 32.9 Å². The molecule has 1 aromatic carbocycles. The van der Waals surface area contributed by atoms with E-state index >= 15 is 0 Å². The summed E-state index contributed by atoms with van der Waals surface area (Å²) in [6.45, 7) is 2.83. The van der Waals surface area contributed by atoms with E-state index in [9.17, 15) is 9.90 Å². The molecule has 2 saturated heterocycles. The first kappa shape index (κ1) is 18.5. The SMILES string of the molecule is O=C(C1CCOCC1)N1CCCC(O)(COc2cccc(Cl)c2)CC1. The molecule has 1 atom stereocenters. The zero-order chi connectivity index (χ0) is 17.7. The van der Waals surface area contributed by atoms with Crippen LogP contribution in [0.1, 0.15) is 32.1 Å². The third kappa shape index (κ3) is 5.09. The molecule has 2 aliphatic rings. The molecule has 2 fully saturated rings. The Bertz CT molecular complexity index is 591. The molecule has 2 aliphatic heterocycles. The van der Waals surface area contributed by atoms with Gasteiger partial charge in [-0.2, -0.15) is 0 Å². The summed E-state index contributed by atoms with van der Waals surface area (Å²) in [4.78, 5) is 14.6. The van der Waals surface area contributed by atoms with E-state index in [1.165, 1.54) is 0 Å². The maximum Gasteiger partial charge on any atom is 0.225 e. The maximum absolute atomic E-state index is 12.7.